The largest absolute Gasteiger partial charge is 0.389 e. The van der Waals surface area contributed by atoms with Crippen molar-refractivity contribution >= 4 is 22.9 Å². The Kier molecular flexibility index (Phi) is 3.44. The molecule has 1 aromatic rings. The molecular formula is C13H18N2S. The number of piperidine rings is 1. The Morgan fingerprint density at radius 3 is 2.56 bits per heavy atom. The van der Waals surface area contributed by atoms with Crippen molar-refractivity contribution in [1.29, 1.82) is 0 Å². The fourth-order valence-electron chi connectivity index (χ4n) is 2.25. The van der Waals surface area contributed by atoms with Gasteiger partial charge in [-0.15, -0.1) is 0 Å². The summed E-state index contributed by atoms with van der Waals surface area (Å²) in [6.07, 6.45) is 3.88. The van der Waals surface area contributed by atoms with Gasteiger partial charge in [0.2, 0.25) is 0 Å². The van der Waals surface area contributed by atoms with E-state index in [0.29, 0.717) is 4.99 Å². The van der Waals surface area contributed by atoms with Gasteiger partial charge in [0.05, 0.1) is 0 Å². The van der Waals surface area contributed by atoms with Crippen molar-refractivity contribution in [3.8, 4) is 0 Å². The first-order valence-electron chi connectivity index (χ1n) is 5.84. The van der Waals surface area contributed by atoms with Gasteiger partial charge in [0.15, 0.2) is 0 Å². The molecule has 2 N–H and O–H groups in total. The van der Waals surface area contributed by atoms with E-state index in [4.69, 9.17) is 18.0 Å². The first kappa shape index (κ1) is 11.4. The summed E-state index contributed by atoms with van der Waals surface area (Å²) >= 11 is 5.11. The molecule has 0 atom stereocenters. The number of hydrogen-bond acceptors (Lipinski definition) is 2. The number of hydrogen-bond donors (Lipinski definition) is 1. The molecule has 0 bridgehead atoms. The van der Waals surface area contributed by atoms with Crippen molar-refractivity contribution < 1.29 is 0 Å². The molecule has 86 valence electrons. The lowest BCUT2D eigenvalue weighted by Crippen LogP contribution is -2.31. The maximum Gasteiger partial charge on any atom is 0.106 e. The van der Waals surface area contributed by atoms with E-state index in [9.17, 15) is 0 Å². The van der Waals surface area contributed by atoms with Crippen molar-refractivity contribution in [2.75, 3.05) is 18.0 Å². The molecule has 1 saturated heterocycles. The third-order valence-electron chi connectivity index (χ3n) is 3.12. The van der Waals surface area contributed by atoms with Gasteiger partial charge in [-0.2, -0.15) is 0 Å². The molecule has 16 heavy (non-hydrogen) atoms. The van der Waals surface area contributed by atoms with Crippen LogP contribution in [0.15, 0.2) is 18.2 Å². The molecule has 0 amide bonds. The standard InChI is InChI=1S/C13H18N2S/c1-10-5-6-11(13(14)16)12(9-10)15-7-3-2-4-8-15/h5-6,9H,2-4,7-8H2,1H3,(H2,14,16). The van der Waals surface area contributed by atoms with Crippen molar-refractivity contribution in [3.63, 3.8) is 0 Å². The second-order valence-electron chi connectivity index (χ2n) is 4.43. The van der Waals surface area contributed by atoms with E-state index < -0.39 is 0 Å². The van der Waals surface area contributed by atoms with Crippen LogP contribution in [-0.4, -0.2) is 18.1 Å². The van der Waals surface area contributed by atoms with Crippen LogP contribution in [0.5, 0.6) is 0 Å². The second-order valence-corrected chi connectivity index (χ2v) is 4.87. The summed E-state index contributed by atoms with van der Waals surface area (Å²) in [5.41, 5.74) is 9.27. The zero-order chi connectivity index (χ0) is 11.5. The van der Waals surface area contributed by atoms with E-state index in [2.05, 4.69) is 24.0 Å². The minimum Gasteiger partial charge on any atom is -0.389 e. The summed E-state index contributed by atoms with van der Waals surface area (Å²) in [6.45, 7) is 4.36. The van der Waals surface area contributed by atoms with E-state index in [1.54, 1.807) is 0 Å². The van der Waals surface area contributed by atoms with Crippen LogP contribution in [-0.2, 0) is 0 Å². The quantitative estimate of drug-likeness (QED) is 0.798. The molecule has 0 saturated carbocycles. The van der Waals surface area contributed by atoms with Gasteiger partial charge in [-0.05, 0) is 43.9 Å². The Balaban J connectivity index is 2.36. The molecule has 0 aromatic heterocycles. The van der Waals surface area contributed by atoms with Gasteiger partial charge in [0.1, 0.15) is 4.99 Å². The van der Waals surface area contributed by atoms with Crippen LogP contribution in [0.3, 0.4) is 0 Å². The van der Waals surface area contributed by atoms with E-state index in [1.165, 1.54) is 30.5 Å². The molecule has 2 rings (SSSR count). The zero-order valence-electron chi connectivity index (χ0n) is 9.70. The number of nitrogens with zero attached hydrogens (tertiary/aromatic N) is 1. The van der Waals surface area contributed by atoms with Gasteiger partial charge < -0.3 is 10.6 Å². The SMILES string of the molecule is Cc1ccc(C(N)=S)c(N2CCCCC2)c1. The zero-order valence-corrected chi connectivity index (χ0v) is 10.5. The fourth-order valence-corrected chi connectivity index (χ4v) is 2.42. The highest BCUT2D eigenvalue weighted by molar-refractivity contribution is 7.80. The number of aryl methyl sites for hydroxylation is 1. The Morgan fingerprint density at radius 1 is 1.25 bits per heavy atom. The molecule has 1 aromatic carbocycles. The minimum atomic E-state index is 0.501. The van der Waals surface area contributed by atoms with Crippen molar-refractivity contribution in [3.05, 3.63) is 29.3 Å². The van der Waals surface area contributed by atoms with E-state index >= 15 is 0 Å². The van der Waals surface area contributed by atoms with Gasteiger partial charge in [-0.25, -0.2) is 0 Å². The third kappa shape index (κ3) is 2.35. The highest BCUT2D eigenvalue weighted by Gasteiger charge is 2.15. The average molecular weight is 234 g/mol. The summed E-state index contributed by atoms with van der Waals surface area (Å²) < 4.78 is 0. The number of anilines is 1. The Hall–Kier alpha value is -1.09. The smallest absolute Gasteiger partial charge is 0.106 e. The van der Waals surface area contributed by atoms with Crippen molar-refractivity contribution in [1.82, 2.24) is 0 Å². The predicted octanol–water partition coefficient (Wildman–Crippen LogP) is 2.62. The average Bonchev–Trinajstić information content (AvgIpc) is 2.29. The summed E-state index contributed by atoms with van der Waals surface area (Å²) in [5.74, 6) is 0. The Bertz CT molecular complexity index is 395. The number of nitrogens with two attached hydrogens (primary N) is 1. The normalized spacial score (nSPS) is 16.2. The summed E-state index contributed by atoms with van der Waals surface area (Å²) in [4.78, 5) is 2.91. The molecule has 1 aliphatic heterocycles. The van der Waals surface area contributed by atoms with Crippen LogP contribution in [0.25, 0.3) is 0 Å². The first-order valence-corrected chi connectivity index (χ1v) is 6.25. The molecule has 0 radical (unpaired) electrons. The Labute approximate surface area is 102 Å². The molecule has 3 heteroatoms. The first-order chi connectivity index (χ1) is 7.68. The molecule has 2 nitrogen and oxygen atoms in total. The highest BCUT2D eigenvalue weighted by Crippen LogP contribution is 2.25. The lowest BCUT2D eigenvalue weighted by molar-refractivity contribution is 0.577. The summed E-state index contributed by atoms with van der Waals surface area (Å²) in [6, 6.07) is 6.31. The molecule has 1 heterocycles. The lowest BCUT2D eigenvalue weighted by atomic mass is 10.1. The van der Waals surface area contributed by atoms with Crippen molar-refractivity contribution in [2.45, 2.75) is 26.2 Å². The highest BCUT2D eigenvalue weighted by atomic mass is 32.1. The number of thiocarbonyl (C=S) groups is 1. The van der Waals surface area contributed by atoms with Crippen molar-refractivity contribution in [2.24, 2.45) is 5.73 Å². The maximum absolute atomic E-state index is 5.78. The lowest BCUT2D eigenvalue weighted by Gasteiger charge is -2.30. The van der Waals surface area contributed by atoms with Gasteiger partial charge >= 0.3 is 0 Å². The van der Waals surface area contributed by atoms with Crippen LogP contribution in [0.2, 0.25) is 0 Å². The summed E-state index contributed by atoms with van der Waals surface area (Å²) in [7, 11) is 0. The van der Waals surface area contributed by atoms with Crippen LogP contribution < -0.4 is 10.6 Å². The van der Waals surface area contributed by atoms with Crippen LogP contribution >= 0.6 is 12.2 Å². The molecular weight excluding hydrogens is 216 g/mol. The van der Waals surface area contributed by atoms with E-state index in [1.807, 2.05) is 6.07 Å². The summed E-state index contributed by atoms with van der Waals surface area (Å²) in [5, 5.41) is 0. The monoisotopic (exact) mass is 234 g/mol. The van der Waals surface area contributed by atoms with Crippen LogP contribution in [0, 0.1) is 6.92 Å². The number of rotatable bonds is 2. The van der Waals surface area contributed by atoms with Gasteiger partial charge in [0, 0.05) is 24.3 Å². The third-order valence-corrected chi connectivity index (χ3v) is 3.34. The Morgan fingerprint density at radius 2 is 1.94 bits per heavy atom. The molecule has 0 unspecified atom stereocenters. The molecule has 1 fully saturated rings. The van der Waals surface area contributed by atoms with Crippen LogP contribution in [0.4, 0.5) is 5.69 Å². The van der Waals surface area contributed by atoms with Gasteiger partial charge in [-0.3, -0.25) is 0 Å². The van der Waals surface area contributed by atoms with E-state index in [0.717, 1.165) is 18.7 Å². The molecule has 1 aliphatic rings. The topological polar surface area (TPSA) is 29.3 Å². The maximum atomic E-state index is 5.78. The number of benzene rings is 1. The molecule has 0 spiro atoms. The second kappa shape index (κ2) is 4.83. The molecule has 0 aliphatic carbocycles. The van der Waals surface area contributed by atoms with E-state index in [-0.39, 0.29) is 0 Å². The van der Waals surface area contributed by atoms with Gasteiger partial charge in [-0.1, -0.05) is 18.3 Å². The fraction of sp³-hybridized carbons (Fsp3) is 0.462. The predicted molar refractivity (Wildman–Crippen MR) is 73.1 cm³/mol. The minimum absolute atomic E-state index is 0.501. The van der Waals surface area contributed by atoms with Crippen LogP contribution in [0.1, 0.15) is 30.4 Å². The van der Waals surface area contributed by atoms with Gasteiger partial charge in [0.25, 0.3) is 0 Å².